The second-order valence-electron chi connectivity index (χ2n) is 9.07. The van der Waals surface area contributed by atoms with E-state index in [1.54, 1.807) is 0 Å². The number of rotatable bonds is 16. The van der Waals surface area contributed by atoms with Crippen molar-refractivity contribution in [2.24, 2.45) is 10.9 Å². The molecule has 7 N–H and O–H groups in total. The lowest BCUT2D eigenvalue weighted by molar-refractivity contribution is -0.137. The number of aromatic hydroxyl groups is 1. The van der Waals surface area contributed by atoms with Crippen molar-refractivity contribution in [3.8, 4) is 5.75 Å². The van der Waals surface area contributed by atoms with Crippen LogP contribution in [-0.2, 0) is 23.9 Å². The van der Waals surface area contributed by atoms with E-state index in [0.717, 1.165) is 6.08 Å². The number of ether oxygens (including phenoxy) is 2. The summed E-state index contributed by atoms with van der Waals surface area (Å²) in [4.78, 5) is 57.6. The molecule has 0 fully saturated rings. The highest BCUT2D eigenvalue weighted by Gasteiger charge is 2.40. The van der Waals surface area contributed by atoms with Gasteiger partial charge in [-0.15, -0.1) is 4.91 Å². The fourth-order valence-corrected chi connectivity index (χ4v) is 3.47. The Bertz CT molecular complexity index is 1120. The van der Waals surface area contributed by atoms with Crippen LogP contribution in [-0.4, -0.2) is 76.7 Å². The van der Waals surface area contributed by atoms with Crippen LogP contribution in [0.4, 0.5) is 10.5 Å². The molecule has 220 valence electrons. The number of nitrogens with zero attached hydrogens (tertiary/aromatic N) is 1. The SMILES string of the molecule is CC(=O)N[C@H](C/C=C(\C)C(=O)O)[C@](C)(N)[C@@H](CCO)OC(=O)NCCCOC(=O)/C=C/c1ccc(N=O)c(O)c1. The summed E-state index contributed by atoms with van der Waals surface area (Å²) in [5.74, 6) is -2.55. The summed E-state index contributed by atoms with van der Waals surface area (Å²) in [6, 6.07) is 3.23. The maximum atomic E-state index is 12.4. The van der Waals surface area contributed by atoms with E-state index in [1.165, 1.54) is 51.1 Å². The molecule has 0 heterocycles. The molecule has 0 bridgehead atoms. The minimum Gasteiger partial charge on any atom is -0.506 e. The van der Waals surface area contributed by atoms with Gasteiger partial charge in [-0.3, -0.25) is 4.79 Å². The van der Waals surface area contributed by atoms with Gasteiger partial charge in [-0.05, 0) is 55.6 Å². The fourth-order valence-electron chi connectivity index (χ4n) is 3.47. The van der Waals surface area contributed by atoms with Crippen molar-refractivity contribution >= 4 is 35.7 Å². The second kappa shape index (κ2) is 16.6. The Kier molecular flexibility index (Phi) is 14.0. The fraction of sp³-hybridized carbons (Fsp3) is 0.462. The number of aliphatic carboxylic acids is 1. The smallest absolute Gasteiger partial charge is 0.407 e. The van der Waals surface area contributed by atoms with Gasteiger partial charge in [0.1, 0.15) is 17.5 Å². The van der Waals surface area contributed by atoms with Gasteiger partial charge in [-0.1, -0.05) is 12.1 Å². The number of aliphatic hydroxyl groups excluding tert-OH is 1. The largest absolute Gasteiger partial charge is 0.506 e. The van der Waals surface area contributed by atoms with Gasteiger partial charge in [0.25, 0.3) is 0 Å². The molecule has 0 aliphatic heterocycles. The van der Waals surface area contributed by atoms with E-state index in [-0.39, 0.29) is 56.0 Å². The number of carboxylic acid groups (broad SMARTS) is 1. The van der Waals surface area contributed by atoms with E-state index in [0.29, 0.717) is 5.56 Å². The molecule has 0 aliphatic rings. The minimum absolute atomic E-state index is 0.0305. The Balaban J connectivity index is 2.63. The summed E-state index contributed by atoms with van der Waals surface area (Å²) < 4.78 is 10.5. The van der Waals surface area contributed by atoms with Crippen LogP contribution in [0.25, 0.3) is 6.08 Å². The number of nitroso groups, excluding NO2 is 1. The van der Waals surface area contributed by atoms with Crippen molar-refractivity contribution in [2.45, 2.75) is 57.7 Å². The molecule has 0 saturated carbocycles. The van der Waals surface area contributed by atoms with Crippen molar-refractivity contribution in [1.82, 2.24) is 10.6 Å². The first-order valence-corrected chi connectivity index (χ1v) is 12.3. The number of phenolic OH excluding ortho intramolecular Hbond substituents is 1. The van der Waals surface area contributed by atoms with Crippen molar-refractivity contribution in [1.29, 1.82) is 0 Å². The van der Waals surface area contributed by atoms with Crippen LogP contribution in [0.3, 0.4) is 0 Å². The molecule has 0 aromatic heterocycles. The average Bonchev–Trinajstić information content (AvgIpc) is 2.88. The van der Waals surface area contributed by atoms with Gasteiger partial charge < -0.3 is 41.2 Å². The molecule has 0 aliphatic carbocycles. The van der Waals surface area contributed by atoms with Crippen LogP contribution in [0.15, 0.2) is 41.1 Å². The predicted molar refractivity (Wildman–Crippen MR) is 144 cm³/mol. The van der Waals surface area contributed by atoms with E-state index in [2.05, 4.69) is 15.8 Å². The van der Waals surface area contributed by atoms with E-state index in [1.807, 2.05) is 0 Å². The zero-order chi connectivity index (χ0) is 30.3. The maximum absolute atomic E-state index is 12.4. The number of nitrogens with two attached hydrogens (primary N) is 1. The molecule has 14 nitrogen and oxygen atoms in total. The number of phenols is 1. The molecule has 14 heteroatoms. The molecule has 0 spiro atoms. The second-order valence-corrected chi connectivity index (χ2v) is 9.07. The monoisotopic (exact) mass is 564 g/mol. The van der Waals surface area contributed by atoms with E-state index in [9.17, 15) is 34.3 Å². The molecule has 0 radical (unpaired) electrons. The van der Waals surface area contributed by atoms with Crippen LogP contribution in [0.2, 0.25) is 0 Å². The van der Waals surface area contributed by atoms with Gasteiger partial charge in [0.05, 0.1) is 18.2 Å². The summed E-state index contributed by atoms with van der Waals surface area (Å²) >= 11 is 0. The van der Waals surface area contributed by atoms with Gasteiger partial charge in [-0.25, -0.2) is 14.4 Å². The number of benzene rings is 1. The molecule has 0 saturated heterocycles. The van der Waals surface area contributed by atoms with Crippen LogP contribution in [0.1, 0.15) is 45.6 Å². The Morgan fingerprint density at radius 1 is 1.23 bits per heavy atom. The number of carbonyl (C=O) groups excluding carboxylic acids is 3. The Labute approximate surface area is 231 Å². The number of hydrogen-bond donors (Lipinski definition) is 6. The maximum Gasteiger partial charge on any atom is 0.407 e. The van der Waals surface area contributed by atoms with E-state index >= 15 is 0 Å². The first kappa shape index (κ1) is 33.7. The van der Waals surface area contributed by atoms with Crippen molar-refractivity contribution in [3.05, 3.63) is 46.4 Å². The number of hydrogen-bond acceptors (Lipinski definition) is 11. The van der Waals surface area contributed by atoms with Crippen LogP contribution in [0.5, 0.6) is 5.75 Å². The Morgan fingerprint density at radius 2 is 1.93 bits per heavy atom. The van der Waals surface area contributed by atoms with Gasteiger partial charge in [-0.2, -0.15) is 0 Å². The third-order valence-corrected chi connectivity index (χ3v) is 5.80. The highest BCUT2D eigenvalue weighted by Crippen LogP contribution is 2.27. The van der Waals surface area contributed by atoms with E-state index < -0.39 is 41.6 Å². The molecule has 3 atom stereocenters. The topological polar surface area (TPSA) is 227 Å². The molecule has 2 amide bonds. The molecule has 40 heavy (non-hydrogen) atoms. The van der Waals surface area contributed by atoms with Crippen molar-refractivity contribution < 1.29 is 44.0 Å². The number of esters is 1. The molecule has 0 unspecified atom stereocenters. The summed E-state index contributed by atoms with van der Waals surface area (Å²) in [6.07, 6.45) is 2.24. The summed E-state index contributed by atoms with van der Waals surface area (Å²) in [5, 5.41) is 36.0. The summed E-state index contributed by atoms with van der Waals surface area (Å²) in [7, 11) is 0. The normalized spacial score (nSPS) is 14.5. The quantitative estimate of drug-likeness (QED) is 0.0734. The number of amides is 2. The first-order chi connectivity index (χ1) is 18.8. The van der Waals surface area contributed by atoms with Gasteiger partial charge in [0.15, 0.2) is 0 Å². The Morgan fingerprint density at radius 3 is 2.50 bits per heavy atom. The highest BCUT2D eigenvalue weighted by molar-refractivity contribution is 5.87. The van der Waals surface area contributed by atoms with Crippen molar-refractivity contribution in [2.75, 3.05) is 19.8 Å². The predicted octanol–water partition coefficient (Wildman–Crippen LogP) is 1.86. The molecule has 1 aromatic rings. The molecule has 1 aromatic carbocycles. The van der Waals surface area contributed by atoms with Gasteiger partial charge >= 0.3 is 18.0 Å². The zero-order valence-corrected chi connectivity index (χ0v) is 22.6. The van der Waals surface area contributed by atoms with Crippen LogP contribution in [0, 0.1) is 4.91 Å². The zero-order valence-electron chi connectivity index (χ0n) is 22.6. The standard InChI is InChI=1S/C26H36N4O10/c1-16(24(35)36)5-9-21(29-17(2)32)26(3,27)22(11-13-31)40-25(37)28-12-4-14-39-23(34)10-7-18-6-8-19(30-38)20(33)15-18/h5-8,10,15,21-22,31,33H,4,9,11-14,27H2,1-3H3,(H,28,37)(H,29,32)(H,35,36)/b10-7+,16-5+/t21-,22-,26+/m1/s1. The number of aliphatic hydroxyl groups is 1. The van der Waals surface area contributed by atoms with Crippen LogP contribution < -0.4 is 16.4 Å². The van der Waals surface area contributed by atoms with Gasteiger partial charge in [0.2, 0.25) is 5.91 Å². The van der Waals surface area contributed by atoms with Crippen molar-refractivity contribution in [3.63, 3.8) is 0 Å². The molecular formula is C26H36N4O10. The number of carbonyl (C=O) groups is 4. The number of alkyl carbamates (subject to hydrolysis) is 1. The number of nitrogens with one attached hydrogen (secondary N) is 2. The third kappa shape index (κ3) is 11.6. The lowest BCUT2D eigenvalue weighted by atomic mass is 9.83. The number of carboxylic acids is 1. The molecule has 1 rings (SSSR count). The first-order valence-electron chi connectivity index (χ1n) is 12.3. The Hall–Kier alpha value is -4.30. The third-order valence-electron chi connectivity index (χ3n) is 5.80. The van der Waals surface area contributed by atoms with Crippen LogP contribution >= 0.6 is 0 Å². The lowest BCUT2D eigenvalue weighted by Crippen LogP contribution is -2.64. The molecular weight excluding hydrogens is 528 g/mol. The summed E-state index contributed by atoms with van der Waals surface area (Å²) in [5.41, 5.74) is 5.43. The minimum atomic E-state index is -1.39. The average molecular weight is 565 g/mol. The van der Waals surface area contributed by atoms with E-state index in [4.69, 9.17) is 20.3 Å². The summed E-state index contributed by atoms with van der Waals surface area (Å²) in [6.45, 7) is 3.85. The van der Waals surface area contributed by atoms with Gasteiger partial charge in [0, 0.05) is 38.1 Å². The highest BCUT2D eigenvalue weighted by atomic mass is 16.6. The lowest BCUT2D eigenvalue weighted by Gasteiger charge is -2.40.